The lowest BCUT2D eigenvalue weighted by atomic mass is 10.0. The number of benzene rings is 2. The maximum atomic E-state index is 5.99. The van der Waals surface area contributed by atoms with Crippen molar-refractivity contribution in [1.29, 1.82) is 0 Å². The second kappa shape index (κ2) is 5.77. The van der Waals surface area contributed by atoms with Gasteiger partial charge in [0.2, 0.25) is 0 Å². The molecular weight excluding hydrogens is 379 g/mol. The summed E-state index contributed by atoms with van der Waals surface area (Å²) >= 11 is 2.26. The molecule has 0 bridgehead atoms. The fourth-order valence-corrected chi connectivity index (χ4v) is 2.52. The predicted octanol–water partition coefficient (Wildman–Crippen LogP) is 4.20. The Morgan fingerprint density at radius 2 is 1.86 bits per heavy atom. The first-order valence-corrected chi connectivity index (χ1v) is 7.42. The van der Waals surface area contributed by atoms with Gasteiger partial charge in [0.25, 0.3) is 0 Å². The van der Waals surface area contributed by atoms with Gasteiger partial charge in [0.05, 0.1) is 12.7 Å². The standard InChI is InChI=1S/C16H13IN2O2/c1-20-13-4-2-3-11(9-13)14-15(21-19-16(14)18)10-5-7-12(17)8-6-10/h2-9H,1H3,(H2,18,19). The molecule has 0 aliphatic heterocycles. The first-order valence-electron chi connectivity index (χ1n) is 6.34. The summed E-state index contributed by atoms with van der Waals surface area (Å²) in [6.45, 7) is 0. The van der Waals surface area contributed by atoms with Gasteiger partial charge in [-0.2, -0.15) is 0 Å². The third-order valence-corrected chi connectivity index (χ3v) is 3.90. The van der Waals surface area contributed by atoms with E-state index in [9.17, 15) is 0 Å². The number of anilines is 1. The van der Waals surface area contributed by atoms with Crippen LogP contribution in [0.1, 0.15) is 0 Å². The number of rotatable bonds is 3. The lowest BCUT2D eigenvalue weighted by molar-refractivity contribution is 0.415. The van der Waals surface area contributed by atoms with Crippen LogP contribution >= 0.6 is 22.6 Å². The molecule has 2 aromatic carbocycles. The Balaban J connectivity index is 2.14. The van der Waals surface area contributed by atoms with E-state index in [2.05, 4.69) is 27.7 Å². The maximum Gasteiger partial charge on any atom is 0.176 e. The summed E-state index contributed by atoms with van der Waals surface area (Å²) in [5.41, 5.74) is 8.63. The summed E-state index contributed by atoms with van der Waals surface area (Å²) in [6.07, 6.45) is 0. The van der Waals surface area contributed by atoms with E-state index in [0.717, 1.165) is 26.0 Å². The Hall–Kier alpha value is -2.02. The van der Waals surface area contributed by atoms with E-state index >= 15 is 0 Å². The molecular formula is C16H13IN2O2. The van der Waals surface area contributed by atoms with Gasteiger partial charge in [-0.25, -0.2) is 0 Å². The van der Waals surface area contributed by atoms with E-state index in [0.29, 0.717) is 11.6 Å². The number of hydrogen-bond donors (Lipinski definition) is 1. The van der Waals surface area contributed by atoms with Crippen molar-refractivity contribution in [3.63, 3.8) is 0 Å². The first kappa shape index (κ1) is 13.9. The van der Waals surface area contributed by atoms with E-state index in [-0.39, 0.29) is 0 Å². The number of nitrogens with two attached hydrogens (primary N) is 1. The summed E-state index contributed by atoms with van der Waals surface area (Å²) in [6, 6.07) is 15.7. The molecule has 1 heterocycles. The fourth-order valence-electron chi connectivity index (χ4n) is 2.16. The van der Waals surface area contributed by atoms with Crippen LogP contribution in [-0.2, 0) is 0 Å². The van der Waals surface area contributed by atoms with Gasteiger partial charge in [0.15, 0.2) is 11.6 Å². The van der Waals surface area contributed by atoms with Gasteiger partial charge in [0, 0.05) is 9.13 Å². The number of aromatic nitrogens is 1. The molecule has 0 saturated heterocycles. The second-order valence-electron chi connectivity index (χ2n) is 4.51. The summed E-state index contributed by atoms with van der Waals surface area (Å²) in [4.78, 5) is 0. The SMILES string of the molecule is COc1cccc(-c2c(N)noc2-c2ccc(I)cc2)c1. The van der Waals surface area contributed by atoms with Crippen LogP contribution < -0.4 is 10.5 Å². The van der Waals surface area contributed by atoms with Gasteiger partial charge in [-0.15, -0.1) is 0 Å². The van der Waals surface area contributed by atoms with Crippen molar-refractivity contribution in [1.82, 2.24) is 5.16 Å². The largest absolute Gasteiger partial charge is 0.497 e. The molecule has 0 radical (unpaired) electrons. The number of halogens is 1. The van der Waals surface area contributed by atoms with Gasteiger partial charge < -0.3 is 15.0 Å². The molecule has 0 saturated carbocycles. The first-order chi connectivity index (χ1) is 10.2. The molecule has 0 atom stereocenters. The average molecular weight is 392 g/mol. The molecule has 3 rings (SSSR count). The Bertz CT molecular complexity index is 766. The average Bonchev–Trinajstić information content (AvgIpc) is 2.90. The van der Waals surface area contributed by atoms with E-state index in [4.69, 9.17) is 15.0 Å². The van der Waals surface area contributed by atoms with E-state index in [1.165, 1.54) is 0 Å². The fraction of sp³-hybridized carbons (Fsp3) is 0.0625. The zero-order chi connectivity index (χ0) is 14.8. The highest BCUT2D eigenvalue weighted by molar-refractivity contribution is 14.1. The molecule has 1 aromatic heterocycles. The summed E-state index contributed by atoms with van der Waals surface area (Å²) in [5.74, 6) is 1.80. The predicted molar refractivity (Wildman–Crippen MR) is 91.1 cm³/mol. The van der Waals surface area contributed by atoms with Gasteiger partial charge >= 0.3 is 0 Å². The molecule has 21 heavy (non-hydrogen) atoms. The van der Waals surface area contributed by atoms with Crippen LogP contribution in [0.2, 0.25) is 0 Å². The topological polar surface area (TPSA) is 61.3 Å². The number of methoxy groups -OCH3 is 1. The van der Waals surface area contributed by atoms with E-state index < -0.39 is 0 Å². The molecule has 0 fully saturated rings. The van der Waals surface area contributed by atoms with Crippen LogP contribution in [0, 0.1) is 3.57 Å². The molecule has 0 spiro atoms. The minimum atomic E-state index is 0.372. The van der Waals surface area contributed by atoms with Gasteiger partial charge in [-0.3, -0.25) is 0 Å². The van der Waals surface area contributed by atoms with Crippen LogP contribution in [0.15, 0.2) is 53.1 Å². The highest BCUT2D eigenvalue weighted by Crippen LogP contribution is 2.37. The van der Waals surface area contributed by atoms with Crippen LogP contribution in [0.5, 0.6) is 5.75 Å². The number of ether oxygens (including phenoxy) is 1. The van der Waals surface area contributed by atoms with Crippen LogP contribution in [0.4, 0.5) is 5.82 Å². The molecule has 106 valence electrons. The van der Waals surface area contributed by atoms with Gasteiger partial charge in [-0.1, -0.05) is 29.4 Å². The third-order valence-electron chi connectivity index (χ3n) is 3.18. The quantitative estimate of drug-likeness (QED) is 0.679. The van der Waals surface area contributed by atoms with Gasteiger partial charge in [-0.05, 0) is 52.4 Å². The summed E-state index contributed by atoms with van der Waals surface area (Å²) < 4.78 is 11.9. The zero-order valence-electron chi connectivity index (χ0n) is 11.3. The second-order valence-corrected chi connectivity index (χ2v) is 5.76. The highest BCUT2D eigenvalue weighted by Gasteiger charge is 2.18. The Labute approximate surface area is 136 Å². The summed E-state index contributed by atoms with van der Waals surface area (Å²) in [7, 11) is 1.64. The minimum Gasteiger partial charge on any atom is -0.497 e. The van der Waals surface area contributed by atoms with Gasteiger partial charge in [0.1, 0.15) is 5.75 Å². The van der Waals surface area contributed by atoms with Crippen molar-refractivity contribution in [2.24, 2.45) is 0 Å². The molecule has 3 aromatic rings. The van der Waals surface area contributed by atoms with Crippen molar-refractivity contribution < 1.29 is 9.26 Å². The molecule has 0 aliphatic rings. The molecule has 0 unspecified atom stereocenters. The molecule has 4 nitrogen and oxygen atoms in total. The van der Waals surface area contributed by atoms with E-state index in [1.54, 1.807) is 7.11 Å². The smallest absolute Gasteiger partial charge is 0.176 e. The van der Waals surface area contributed by atoms with Crippen molar-refractivity contribution in [3.05, 3.63) is 52.1 Å². The van der Waals surface area contributed by atoms with Crippen molar-refractivity contribution >= 4 is 28.4 Å². The zero-order valence-corrected chi connectivity index (χ0v) is 13.5. The monoisotopic (exact) mass is 392 g/mol. The van der Waals surface area contributed by atoms with Crippen LogP contribution in [0.25, 0.3) is 22.5 Å². The molecule has 5 heteroatoms. The number of nitrogen functional groups attached to an aromatic ring is 1. The number of nitrogens with zero attached hydrogens (tertiary/aromatic N) is 1. The Morgan fingerprint density at radius 3 is 2.57 bits per heavy atom. The molecule has 0 aliphatic carbocycles. The summed E-state index contributed by atoms with van der Waals surface area (Å²) in [5, 5.41) is 3.91. The third kappa shape index (κ3) is 2.73. The van der Waals surface area contributed by atoms with Crippen LogP contribution in [-0.4, -0.2) is 12.3 Å². The Morgan fingerprint density at radius 1 is 1.10 bits per heavy atom. The van der Waals surface area contributed by atoms with Crippen molar-refractivity contribution in [3.8, 4) is 28.2 Å². The van der Waals surface area contributed by atoms with Crippen molar-refractivity contribution in [2.45, 2.75) is 0 Å². The Kier molecular flexibility index (Phi) is 3.83. The highest BCUT2D eigenvalue weighted by atomic mass is 127. The normalized spacial score (nSPS) is 10.6. The molecule has 2 N–H and O–H groups in total. The van der Waals surface area contributed by atoms with E-state index in [1.807, 2.05) is 48.5 Å². The maximum absolute atomic E-state index is 5.99. The van der Waals surface area contributed by atoms with Crippen molar-refractivity contribution in [2.75, 3.05) is 12.8 Å². The molecule has 0 amide bonds. The lowest BCUT2D eigenvalue weighted by Crippen LogP contribution is -1.90. The minimum absolute atomic E-state index is 0.372. The lowest BCUT2D eigenvalue weighted by Gasteiger charge is -2.05. The van der Waals surface area contributed by atoms with Crippen LogP contribution in [0.3, 0.4) is 0 Å². The number of hydrogen-bond acceptors (Lipinski definition) is 4.